The van der Waals surface area contributed by atoms with Gasteiger partial charge in [0.05, 0.1) is 12.2 Å². The average molecular weight is 414 g/mol. The van der Waals surface area contributed by atoms with E-state index < -0.39 is 0 Å². The molecule has 0 aromatic carbocycles. The van der Waals surface area contributed by atoms with Crippen molar-refractivity contribution in [3.8, 4) is 0 Å². The van der Waals surface area contributed by atoms with E-state index >= 15 is 0 Å². The van der Waals surface area contributed by atoms with Gasteiger partial charge in [0.1, 0.15) is 5.82 Å². The number of likely N-dealkylation sites (N-methyl/N-ethyl adjacent to an activating group) is 1. The second-order valence-electron chi connectivity index (χ2n) is 7.26. The zero-order chi connectivity index (χ0) is 17.2. The Morgan fingerprint density at radius 1 is 1.19 bits per heavy atom. The van der Waals surface area contributed by atoms with E-state index in [1.807, 2.05) is 23.1 Å². The number of aromatic nitrogens is 4. The summed E-state index contributed by atoms with van der Waals surface area (Å²) in [6, 6.07) is 4.43. The van der Waals surface area contributed by atoms with Gasteiger partial charge in [0.25, 0.3) is 0 Å². The minimum atomic E-state index is 0. The fraction of sp³-hybridized carbons (Fsp3) is 0.611. The lowest BCUT2D eigenvalue weighted by molar-refractivity contribution is 0.345. The molecule has 9 heteroatoms. The monoisotopic (exact) mass is 413 g/mol. The molecule has 2 N–H and O–H groups in total. The predicted octanol–water partition coefficient (Wildman–Crippen LogP) is 2.46. The van der Waals surface area contributed by atoms with Gasteiger partial charge in [0, 0.05) is 57.1 Å². The number of hydrogen-bond acceptors (Lipinski definition) is 6. The van der Waals surface area contributed by atoms with E-state index in [1.165, 1.54) is 12.8 Å². The van der Waals surface area contributed by atoms with Crippen molar-refractivity contribution in [2.45, 2.75) is 44.2 Å². The van der Waals surface area contributed by atoms with Crippen LogP contribution in [-0.2, 0) is 6.54 Å². The van der Waals surface area contributed by atoms with Crippen molar-refractivity contribution in [2.75, 3.05) is 36.5 Å². The number of nitrogens with zero attached hydrogens (tertiary/aromatic N) is 6. The Balaban J connectivity index is 0.00000131. The van der Waals surface area contributed by atoms with Crippen molar-refractivity contribution in [3.63, 3.8) is 0 Å². The Morgan fingerprint density at radius 2 is 1.93 bits per heavy atom. The van der Waals surface area contributed by atoms with Gasteiger partial charge in [-0.15, -0.1) is 24.8 Å². The summed E-state index contributed by atoms with van der Waals surface area (Å²) in [6.45, 7) is 3.83. The summed E-state index contributed by atoms with van der Waals surface area (Å²) in [7, 11) is 2.09. The first-order chi connectivity index (χ1) is 12.2. The summed E-state index contributed by atoms with van der Waals surface area (Å²) in [5, 5.41) is 4.27. The van der Waals surface area contributed by atoms with Crippen LogP contribution < -0.4 is 15.5 Å². The summed E-state index contributed by atoms with van der Waals surface area (Å²) in [4.78, 5) is 14.2. The Hall–Kier alpha value is -1.57. The highest BCUT2D eigenvalue weighted by Gasteiger charge is 2.30. The molecule has 1 aliphatic heterocycles. The van der Waals surface area contributed by atoms with E-state index in [1.54, 1.807) is 0 Å². The van der Waals surface area contributed by atoms with Crippen LogP contribution >= 0.6 is 24.8 Å². The normalized spacial score (nSPS) is 21.2. The van der Waals surface area contributed by atoms with Gasteiger partial charge in [-0.2, -0.15) is 10.1 Å². The smallest absolute Gasteiger partial charge is 0.227 e. The van der Waals surface area contributed by atoms with Crippen molar-refractivity contribution < 1.29 is 0 Å². The van der Waals surface area contributed by atoms with Crippen molar-refractivity contribution in [1.29, 1.82) is 0 Å². The molecule has 150 valence electrons. The topological polar surface area (TPSA) is 76.1 Å². The predicted molar refractivity (Wildman–Crippen MR) is 113 cm³/mol. The van der Waals surface area contributed by atoms with Gasteiger partial charge in [-0.25, -0.2) is 4.98 Å². The van der Waals surface area contributed by atoms with Crippen LogP contribution in [0.5, 0.6) is 0 Å². The van der Waals surface area contributed by atoms with Crippen molar-refractivity contribution in [2.24, 2.45) is 5.73 Å². The molecule has 0 amide bonds. The number of nitrogens with two attached hydrogens (primary N) is 1. The largest absolute Gasteiger partial charge is 0.358 e. The highest BCUT2D eigenvalue weighted by Crippen LogP contribution is 2.36. The number of rotatable bonds is 6. The molecule has 2 aromatic rings. The maximum Gasteiger partial charge on any atom is 0.227 e. The van der Waals surface area contributed by atoms with E-state index in [4.69, 9.17) is 15.7 Å². The van der Waals surface area contributed by atoms with Gasteiger partial charge in [-0.1, -0.05) is 0 Å². The Labute approximate surface area is 173 Å². The van der Waals surface area contributed by atoms with Crippen molar-refractivity contribution in [1.82, 2.24) is 19.7 Å². The molecular formula is C18H29Cl2N7. The lowest BCUT2D eigenvalue weighted by Gasteiger charge is -2.33. The number of halogens is 2. The molecule has 1 saturated heterocycles. The van der Waals surface area contributed by atoms with Gasteiger partial charge >= 0.3 is 0 Å². The molecule has 1 saturated carbocycles. The SMILES string of the molecule is CN(CCn1cccn1)c1cc(C2CC(N)C2)nc(N2CCCC2)n1.Cl.Cl. The Bertz CT molecular complexity index is 698. The molecule has 2 fully saturated rings. The van der Waals surface area contributed by atoms with E-state index in [-0.39, 0.29) is 24.8 Å². The van der Waals surface area contributed by atoms with Crippen LogP contribution in [0.15, 0.2) is 24.5 Å². The summed E-state index contributed by atoms with van der Waals surface area (Å²) >= 11 is 0. The van der Waals surface area contributed by atoms with Crippen LogP contribution in [0.3, 0.4) is 0 Å². The summed E-state index contributed by atoms with van der Waals surface area (Å²) < 4.78 is 1.95. The van der Waals surface area contributed by atoms with Gasteiger partial charge in [0.15, 0.2) is 0 Å². The third-order valence-corrected chi connectivity index (χ3v) is 5.32. The molecule has 27 heavy (non-hydrogen) atoms. The van der Waals surface area contributed by atoms with E-state index in [9.17, 15) is 0 Å². The van der Waals surface area contributed by atoms with Crippen LogP contribution in [0, 0.1) is 0 Å². The second kappa shape index (κ2) is 9.57. The van der Waals surface area contributed by atoms with Gasteiger partial charge in [-0.05, 0) is 31.7 Å². The number of anilines is 2. The quantitative estimate of drug-likeness (QED) is 0.783. The summed E-state index contributed by atoms with van der Waals surface area (Å²) in [5.74, 6) is 2.37. The zero-order valence-electron chi connectivity index (χ0n) is 15.7. The highest BCUT2D eigenvalue weighted by molar-refractivity contribution is 5.85. The minimum absolute atomic E-state index is 0. The molecule has 0 radical (unpaired) electrons. The lowest BCUT2D eigenvalue weighted by Crippen LogP contribution is -2.36. The molecule has 0 spiro atoms. The fourth-order valence-electron chi connectivity index (χ4n) is 3.61. The summed E-state index contributed by atoms with van der Waals surface area (Å²) in [6.07, 6.45) is 8.33. The molecular weight excluding hydrogens is 385 g/mol. The first-order valence-corrected chi connectivity index (χ1v) is 9.27. The van der Waals surface area contributed by atoms with Crippen LogP contribution in [-0.4, -0.2) is 52.5 Å². The third-order valence-electron chi connectivity index (χ3n) is 5.32. The summed E-state index contributed by atoms with van der Waals surface area (Å²) in [5.41, 5.74) is 7.14. The Morgan fingerprint density at radius 3 is 2.56 bits per heavy atom. The van der Waals surface area contributed by atoms with E-state index in [0.29, 0.717) is 12.0 Å². The van der Waals surface area contributed by atoms with Gasteiger partial charge in [0.2, 0.25) is 5.95 Å². The third kappa shape index (κ3) is 5.03. The lowest BCUT2D eigenvalue weighted by atomic mass is 9.78. The molecule has 0 atom stereocenters. The van der Waals surface area contributed by atoms with Crippen molar-refractivity contribution in [3.05, 3.63) is 30.2 Å². The van der Waals surface area contributed by atoms with Gasteiger partial charge in [-0.3, -0.25) is 4.68 Å². The van der Waals surface area contributed by atoms with Gasteiger partial charge < -0.3 is 15.5 Å². The highest BCUT2D eigenvalue weighted by atomic mass is 35.5. The van der Waals surface area contributed by atoms with E-state index in [0.717, 1.165) is 56.5 Å². The fourth-order valence-corrected chi connectivity index (χ4v) is 3.61. The molecule has 0 unspecified atom stereocenters. The van der Waals surface area contributed by atoms with Crippen LogP contribution in [0.4, 0.5) is 11.8 Å². The molecule has 7 nitrogen and oxygen atoms in total. The maximum absolute atomic E-state index is 5.99. The second-order valence-corrected chi connectivity index (χ2v) is 7.26. The molecule has 3 heterocycles. The van der Waals surface area contributed by atoms with E-state index in [2.05, 4.69) is 28.0 Å². The maximum atomic E-state index is 5.99. The minimum Gasteiger partial charge on any atom is -0.358 e. The molecule has 1 aliphatic carbocycles. The first kappa shape index (κ1) is 21.7. The number of hydrogen-bond donors (Lipinski definition) is 1. The van der Waals surface area contributed by atoms with Crippen LogP contribution in [0.2, 0.25) is 0 Å². The first-order valence-electron chi connectivity index (χ1n) is 9.27. The molecule has 2 aromatic heterocycles. The Kier molecular flexibility index (Phi) is 7.70. The van der Waals surface area contributed by atoms with Crippen LogP contribution in [0.25, 0.3) is 0 Å². The molecule has 4 rings (SSSR count). The van der Waals surface area contributed by atoms with Crippen LogP contribution in [0.1, 0.15) is 37.3 Å². The average Bonchev–Trinajstić information content (AvgIpc) is 3.29. The zero-order valence-corrected chi connectivity index (χ0v) is 17.3. The van der Waals surface area contributed by atoms with Crippen molar-refractivity contribution >= 4 is 36.6 Å². The molecule has 0 bridgehead atoms. The standard InChI is InChI=1S/C18H27N7.2ClH/c1-23(9-10-25-8-4-5-20-25)17-13-16(14-11-15(19)12-14)21-18(22-17)24-6-2-3-7-24;;/h4-5,8,13-15H,2-3,6-7,9-12,19H2,1H3;2*1H. The molecule has 2 aliphatic rings.